The molecule has 1 aromatic heterocycles. The molecule has 2 fully saturated rings. The Morgan fingerprint density at radius 1 is 1.10 bits per heavy atom. The van der Waals surface area contributed by atoms with Crippen LogP contribution >= 0.6 is 0 Å². The van der Waals surface area contributed by atoms with Gasteiger partial charge in [-0.2, -0.15) is 5.26 Å². The standard InChI is InChI=1S/C30H36N6O6/c1-18(19-6-7-21-13-23(9-8-20(21)12-19)35-10-4-3-5-11-35)24(14-31)29(40)32-15-22-16-36(34-33-22)17-25-26(37)27(38)28(39)30(41-2)42-25/h6-9,12-13,16,25-28,30,37-39H,3-5,10-11,15,17H2,1-2H3,(H,32,40)/b24-18+/t25-,26-,27+,28-,30+/m1/s1. The highest BCUT2D eigenvalue weighted by Gasteiger charge is 2.44. The van der Waals surface area contributed by atoms with E-state index in [1.165, 1.54) is 36.7 Å². The second-order valence-electron chi connectivity index (χ2n) is 10.8. The number of piperidine rings is 1. The molecule has 222 valence electrons. The molecule has 2 aliphatic heterocycles. The van der Waals surface area contributed by atoms with Crippen LogP contribution in [-0.4, -0.2) is 87.1 Å². The van der Waals surface area contributed by atoms with Crippen LogP contribution in [0.2, 0.25) is 0 Å². The first-order chi connectivity index (χ1) is 20.3. The Morgan fingerprint density at radius 2 is 1.83 bits per heavy atom. The third kappa shape index (κ3) is 6.30. The Hall–Kier alpha value is -3.86. The molecule has 3 heterocycles. The molecule has 0 spiro atoms. The lowest BCUT2D eigenvalue weighted by molar-refractivity contribution is -0.292. The number of aliphatic hydroxyl groups is 3. The number of carbonyl (C=O) groups is 1. The van der Waals surface area contributed by atoms with Gasteiger partial charge in [0.05, 0.1) is 19.3 Å². The summed E-state index contributed by atoms with van der Waals surface area (Å²) in [7, 11) is 1.32. The Kier molecular flexibility index (Phi) is 9.15. The van der Waals surface area contributed by atoms with Crippen molar-refractivity contribution in [2.75, 3.05) is 25.1 Å². The predicted octanol–water partition coefficient (Wildman–Crippen LogP) is 1.49. The van der Waals surface area contributed by atoms with E-state index in [2.05, 4.69) is 38.7 Å². The summed E-state index contributed by atoms with van der Waals surface area (Å²) in [4.78, 5) is 15.4. The quantitative estimate of drug-likeness (QED) is 0.228. The van der Waals surface area contributed by atoms with Crippen molar-refractivity contribution >= 4 is 27.9 Å². The number of methoxy groups -OCH3 is 1. The average Bonchev–Trinajstić information content (AvgIpc) is 3.47. The lowest BCUT2D eigenvalue weighted by Gasteiger charge is -2.39. The molecule has 2 aromatic carbocycles. The van der Waals surface area contributed by atoms with Crippen molar-refractivity contribution in [3.8, 4) is 6.07 Å². The zero-order valence-corrected chi connectivity index (χ0v) is 23.7. The molecule has 42 heavy (non-hydrogen) atoms. The van der Waals surface area contributed by atoms with Gasteiger partial charge in [-0.05, 0) is 66.3 Å². The highest BCUT2D eigenvalue weighted by molar-refractivity contribution is 6.05. The summed E-state index contributed by atoms with van der Waals surface area (Å²) < 4.78 is 11.9. The second kappa shape index (κ2) is 13.0. The van der Waals surface area contributed by atoms with Crippen molar-refractivity contribution in [2.45, 2.75) is 70.0 Å². The first-order valence-corrected chi connectivity index (χ1v) is 14.1. The van der Waals surface area contributed by atoms with Gasteiger partial charge < -0.3 is 35.0 Å². The molecule has 0 saturated carbocycles. The molecule has 12 nitrogen and oxygen atoms in total. The molecular weight excluding hydrogens is 540 g/mol. The van der Waals surface area contributed by atoms with Crippen LogP contribution in [0.4, 0.5) is 5.69 Å². The van der Waals surface area contributed by atoms with Crippen LogP contribution in [0.25, 0.3) is 16.3 Å². The molecule has 3 aromatic rings. The molecule has 0 bridgehead atoms. The van der Waals surface area contributed by atoms with Gasteiger partial charge in [0.15, 0.2) is 6.29 Å². The van der Waals surface area contributed by atoms with E-state index in [1.54, 1.807) is 13.1 Å². The molecule has 2 aliphatic rings. The SMILES string of the molecule is CO[C@H]1O[C@H](Cn2cc(CNC(=O)/C(C#N)=C(\C)c3ccc4cc(N5CCCCC5)ccc4c3)nn2)[C@@H](O)[C@H](O)[C@H]1O. The fraction of sp³-hybridized carbons (Fsp3) is 0.467. The lowest BCUT2D eigenvalue weighted by Crippen LogP contribution is -2.58. The van der Waals surface area contributed by atoms with Gasteiger partial charge in [-0.15, -0.1) is 5.10 Å². The van der Waals surface area contributed by atoms with Crippen molar-refractivity contribution in [3.63, 3.8) is 0 Å². The van der Waals surface area contributed by atoms with E-state index in [0.717, 1.165) is 29.4 Å². The number of anilines is 1. The second-order valence-corrected chi connectivity index (χ2v) is 10.8. The average molecular weight is 577 g/mol. The zero-order chi connectivity index (χ0) is 29.8. The Morgan fingerprint density at radius 3 is 2.57 bits per heavy atom. The minimum Gasteiger partial charge on any atom is -0.388 e. The van der Waals surface area contributed by atoms with E-state index in [1.807, 2.05) is 24.3 Å². The van der Waals surface area contributed by atoms with Crippen LogP contribution in [0, 0.1) is 11.3 Å². The lowest BCUT2D eigenvalue weighted by atomic mass is 9.98. The number of amides is 1. The summed E-state index contributed by atoms with van der Waals surface area (Å²) in [5, 5.41) is 53.0. The number of aromatic nitrogens is 3. The Balaban J connectivity index is 1.23. The Labute approximate surface area is 243 Å². The third-order valence-corrected chi connectivity index (χ3v) is 7.98. The van der Waals surface area contributed by atoms with E-state index in [0.29, 0.717) is 11.3 Å². The third-order valence-electron chi connectivity index (χ3n) is 7.98. The maximum Gasteiger partial charge on any atom is 0.262 e. The summed E-state index contributed by atoms with van der Waals surface area (Å²) in [6.07, 6.45) is -0.954. The first-order valence-electron chi connectivity index (χ1n) is 14.1. The van der Waals surface area contributed by atoms with Crippen molar-refractivity contribution < 1.29 is 29.6 Å². The molecule has 5 atom stereocenters. The number of fused-ring (bicyclic) bond motifs is 1. The van der Waals surface area contributed by atoms with Gasteiger partial charge in [0.25, 0.3) is 5.91 Å². The van der Waals surface area contributed by atoms with Crippen LogP contribution in [0.5, 0.6) is 0 Å². The number of nitrogens with one attached hydrogen (secondary N) is 1. The largest absolute Gasteiger partial charge is 0.388 e. The first kappa shape index (κ1) is 29.6. The van der Waals surface area contributed by atoms with Gasteiger partial charge in [0.1, 0.15) is 41.8 Å². The van der Waals surface area contributed by atoms with Crippen molar-refractivity contribution in [3.05, 3.63) is 59.4 Å². The normalized spacial score (nSPS) is 25.1. The van der Waals surface area contributed by atoms with Crippen LogP contribution in [0.3, 0.4) is 0 Å². The van der Waals surface area contributed by atoms with E-state index in [9.17, 15) is 25.4 Å². The molecule has 4 N–H and O–H groups in total. The number of allylic oxidation sites excluding steroid dienone is 1. The van der Waals surface area contributed by atoms with Crippen LogP contribution in [0.1, 0.15) is 37.4 Å². The maximum absolute atomic E-state index is 13.0. The molecule has 12 heteroatoms. The van der Waals surface area contributed by atoms with E-state index >= 15 is 0 Å². The number of hydrogen-bond donors (Lipinski definition) is 4. The molecule has 5 rings (SSSR count). The summed E-state index contributed by atoms with van der Waals surface area (Å²) in [6.45, 7) is 3.95. The van der Waals surface area contributed by atoms with Crippen molar-refractivity contribution in [1.29, 1.82) is 5.26 Å². The summed E-state index contributed by atoms with van der Waals surface area (Å²) in [5.74, 6) is -0.531. The molecule has 2 saturated heterocycles. The van der Waals surface area contributed by atoms with Gasteiger partial charge in [0, 0.05) is 25.9 Å². The predicted molar refractivity (Wildman–Crippen MR) is 154 cm³/mol. The van der Waals surface area contributed by atoms with Crippen LogP contribution in [-0.2, 0) is 27.4 Å². The summed E-state index contributed by atoms with van der Waals surface area (Å²) >= 11 is 0. The van der Waals surface area contributed by atoms with E-state index < -0.39 is 36.6 Å². The van der Waals surface area contributed by atoms with Gasteiger partial charge in [-0.1, -0.05) is 23.4 Å². The topological polar surface area (TPSA) is 166 Å². The fourth-order valence-corrected chi connectivity index (χ4v) is 5.48. The number of nitrogens with zero attached hydrogens (tertiary/aromatic N) is 5. The number of carbonyl (C=O) groups excluding carboxylic acids is 1. The molecule has 0 unspecified atom stereocenters. The molecule has 0 aliphatic carbocycles. The van der Waals surface area contributed by atoms with Gasteiger partial charge in [-0.3, -0.25) is 4.79 Å². The van der Waals surface area contributed by atoms with Crippen LogP contribution in [0.15, 0.2) is 48.2 Å². The fourth-order valence-electron chi connectivity index (χ4n) is 5.48. The van der Waals surface area contributed by atoms with Crippen molar-refractivity contribution in [2.24, 2.45) is 0 Å². The minimum absolute atomic E-state index is 0.00330. The number of benzene rings is 2. The summed E-state index contributed by atoms with van der Waals surface area (Å²) in [5.41, 5.74) is 3.00. The van der Waals surface area contributed by atoms with E-state index in [-0.39, 0.29) is 18.7 Å². The minimum atomic E-state index is -1.45. The molecule has 1 amide bonds. The summed E-state index contributed by atoms with van der Waals surface area (Å²) in [6, 6.07) is 14.4. The smallest absolute Gasteiger partial charge is 0.262 e. The number of ether oxygens (including phenoxy) is 2. The van der Waals surface area contributed by atoms with Crippen molar-refractivity contribution in [1.82, 2.24) is 20.3 Å². The van der Waals surface area contributed by atoms with Gasteiger partial charge >= 0.3 is 0 Å². The Bertz CT molecular complexity index is 1490. The molecule has 0 radical (unpaired) electrons. The highest BCUT2D eigenvalue weighted by Crippen LogP contribution is 2.28. The number of rotatable bonds is 8. The van der Waals surface area contributed by atoms with E-state index in [4.69, 9.17) is 9.47 Å². The number of aliphatic hydroxyl groups excluding tert-OH is 3. The zero-order valence-electron chi connectivity index (χ0n) is 23.7. The van der Waals surface area contributed by atoms with Gasteiger partial charge in [0.2, 0.25) is 0 Å². The van der Waals surface area contributed by atoms with Crippen LogP contribution < -0.4 is 10.2 Å². The number of nitriles is 1. The molecular formula is C30H36N6O6. The monoisotopic (exact) mass is 576 g/mol. The highest BCUT2D eigenvalue weighted by atomic mass is 16.7. The maximum atomic E-state index is 13.0. The number of hydrogen-bond acceptors (Lipinski definition) is 10. The van der Waals surface area contributed by atoms with Gasteiger partial charge in [-0.25, -0.2) is 4.68 Å².